The molecular weight excluding hydrogens is 409 g/mol. The zero-order valence-electron chi connectivity index (χ0n) is 15.9. The van der Waals surface area contributed by atoms with Crippen molar-refractivity contribution in [3.8, 4) is 5.88 Å². The molecule has 1 aromatic carbocycles. The minimum Gasteiger partial charge on any atom is -0.492 e. The summed E-state index contributed by atoms with van der Waals surface area (Å²) < 4.78 is 20.2. The van der Waals surface area contributed by atoms with Gasteiger partial charge in [-0.3, -0.25) is 4.79 Å². The number of nitrogens with zero attached hydrogens (tertiary/aromatic N) is 4. The Morgan fingerprint density at radius 3 is 2.67 bits per heavy atom. The maximum atomic E-state index is 13.5. The molecule has 4 aromatic rings. The standard InChI is InChI=1S/C20H18FN5O3S/c21-14-5-3-13(4-6-14)16(17-19(28)26-20(30-17)22-12-23-26)24-7-9-25(10-8-24)18(27)15-2-1-11-29-15/h1-6,11-12,16,28H,7-10H2/p+1/t16-/m1/s1. The predicted octanol–water partition coefficient (Wildman–Crippen LogP) is 1.36. The summed E-state index contributed by atoms with van der Waals surface area (Å²) >= 11 is 1.37. The molecule has 1 aliphatic rings. The average molecular weight is 428 g/mol. The molecule has 2 N–H and O–H groups in total. The van der Waals surface area contributed by atoms with Crippen LogP contribution in [0.1, 0.15) is 27.0 Å². The van der Waals surface area contributed by atoms with E-state index in [-0.39, 0.29) is 23.6 Å². The van der Waals surface area contributed by atoms with Crippen LogP contribution in [0.5, 0.6) is 5.88 Å². The Labute approximate surface area is 174 Å². The molecule has 0 radical (unpaired) electrons. The minimum atomic E-state index is -0.312. The number of piperazine rings is 1. The lowest BCUT2D eigenvalue weighted by atomic mass is 10.0. The molecule has 1 atom stereocenters. The van der Waals surface area contributed by atoms with Gasteiger partial charge in [-0.25, -0.2) is 9.37 Å². The molecule has 10 heteroatoms. The van der Waals surface area contributed by atoms with E-state index < -0.39 is 0 Å². The molecule has 1 aliphatic heterocycles. The fourth-order valence-corrected chi connectivity index (χ4v) is 5.07. The van der Waals surface area contributed by atoms with Crippen LogP contribution in [0.2, 0.25) is 0 Å². The predicted molar refractivity (Wildman–Crippen MR) is 106 cm³/mol. The SMILES string of the molecule is O=C(c1ccco1)N1CC[NH+]([C@H](c2ccc(F)cc2)c2sc3ncnn3c2O)CC1. The first-order valence-corrected chi connectivity index (χ1v) is 10.4. The molecule has 8 nitrogen and oxygen atoms in total. The molecule has 4 heterocycles. The number of hydrogen-bond acceptors (Lipinski definition) is 6. The maximum absolute atomic E-state index is 13.5. The van der Waals surface area contributed by atoms with E-state index in [4.69, 9.17) is 4.42 Å². The highest BCUT2D eigenvalue weighted by Crippen LogP contribution is 2.34. The molecule has 0 saturated carbocycles. The summed E-state index contributed by atoms with van der Waals surface area (Å²) in [5, 5.41) is 14.8. The molecule has 3 aromatic heterocycles. The van der Waals surface area contributed by atoms with E-state index in [1.165, 1.54) is 45.5 Å². The monoisotopic (exact) mass is 428 g/mol. The van der Waals surface area contributed by atoms with Crippen LogP contribution in [-0.2, 0) is 0 Å². The lowest BCUT2D eigenvalue weighted by Gasteiger charge is -2.36. The van der Waals surface area contributed by atoms with Gasteiger partial charge in [0.05, 0.1) is 32.4 Å². The highest BCUT2D eigenvalue weighted by Gasteiger charge is 2.36. The topological polar surface area (TPSA) is 88.3 Å². The van der Waals surface area contributed by atoms with Crippen molar-refractivity contribution in [2.75, 3.05) is 26.2 Å². The molecule has 0 unspecified atom stereocenters. The zero-order chi connectivity index (χ0) is 20.7. The third-order valence-electron chi connectivity index (χ3n) is 5.44. The number of aromatic nitrogens is 3. The number of aromatic hydroxyl groups is 1. The van der Waals surface area contributed by atoms with Gasteiger partial charge >= 0.3 is 0 Å². The van der Waals surface area contributed by atoms with Crippen molar-refractivity contribution in [2.24, 2.45) is 0 Å². The quantitative estimate of drug-likeness (QED) is 0.513. The highest BCUT2D eigenvalue weighted by molar-refractivity contribution is 7.17. The number of halogens is 1. The second-order valence-electron chi connectivity index (χ2n) is 7.16. The van der Waals surface area contributed by atoms with Gasteiger partial charge in [0.25, 0.3) is 5.91 Å². The van der Waals surface area contributed by atoms with Gasteiger partial charge in [-0.05, 0) is 36.4 Å². The largest absolute Gasteiger partial charge is 0.492 e. The van der Waals surface area contributed by atoms with Crippen molar-refractivity contribution < 1.29 is 23.6 Å². The van der Waals surface area contributed by atoms with Gasteiger partial charge in [0, 0.05) is 5.56 Å². The number of carbonyl (C=O) groups excluding carboxylic acids is 1. The van der Waals surface area contributed by atoms with Crippen LogP contribution in [0.25, 0.3) is 4.96 Å². The van der Waals surface area contributed by atoms with E-state index in [0.29, 0.717) is 36.9 Å². The van der Waals surface area contributed by atoms with Gasteiger partial charge in [0.2, 0.25) is 10.8 Å². The third kappa shape index (κ3) is 3.23. The normalized spacial score (nSPS) is 16.2. The van der Waals surface area contributed by atoms with Gasteiger partial charge in [-0.15, -0.1) is 0 Å². The van der Waals surface area contributed by atoms with Gasteiger partial charge in [0.1, 0.15) is 17.0 Å². The molecule has 1 fully saturated rings. The average Bonchev–Trinajstić information content (AvgIpc) is 3.50. The summed E-state index contributed by atoms with van der Waals surface area (Å²) in [6, 6.07) is 9.46. The van der Waals surface area contributed by atoms with Gasteiger partial charge in [-0.2, -0.15) is 9.61 Å². The number of amides is 1. The summed E-state index contributed by atoms with van der Waals surface area (Å²) in [5.74, 6) is -0.0626. The van der Waals surface area contributed by atoms with Crippen LogP contribution in [0.15, 0.2) is 53.4 Å². The second-order valence-corrected chi connectivity index (χ2v) is 8.17. The lowest BCUT2D eigenvalue weighted by Crippen LogP contribution is -3.15. The van der Waals surface area contributed by atoms with Gasteiger partial charge in [0.15, 0.2) is 11.8 Å². The van der Waals surface area contributed by atoms with Crippen LogP contribution < -0.4 is 4.90 Å². The number of fused-ring (bicyclic) bond motifs is 1. The number of benzene rings is 1. The van der Waals surface area contributed by atoms with E-state index in [1.54, 1.807) is 29.2 Å². The molecule has 1 saturated heterocycles. The summed E-state index contributed by atoms with van der Waals surface area (Å²) in [6.45, 7) is 2.44. The fraction of sp³-hybridized carbons (Fsp3) is 0.250. The molecule has 1 amide bonds. The Hall–Kier alpha value is -3.24. The Balaban J connectivity index is 1.44. The van der Waals surface area contributed by atoms with Crippen molar-refractivity contribution in [3.63, 3.8) is 0 Å². The molecule has 30 heavy (non-hydrogen) atoms. The van der Waals surface area contributed by atoms with Crippen LogP contribution in [0, 0.1) is 5.82 Å². The number of hydrogen-bond donors (Lipinski definition) is 2. The van der Waals surface area contributed by atoms with Crippen molar-refractivity contribution in [2.45, 2.75) is 6.04 Å². The second kappa shape index (κ2) is 7.54. The number of rotatable bonds is 4. The van der Waals surface area contributed by atoms with E-state index in [9.17, 15) is 14.3 Å². The van der Waals surface area contributed by atoms with E-state index >= 15 is 0 Å². The summed E-state index contributed by atoms with van der Waals surface area (Å²) in [7, 11) is 0. The van der Waals surface area contributed by atoms with Crippen molar-refractivity contribution in [1.82, 2.24) is 19.5 Å². The first-order chi connectivity index (χ1) is 14.6. The number of thiazole rings is 1. The summed E-state index contributed by atoms with van der Waals surface area (Å²) in [4.78, 5) is 21.0. The minimum absolute atomic E-state index is 0.0448. The first kappa shape index (κ1) is 18.8. The van der Waals surface area contributed by atoms with Crippen molar-refractivity contribution in [1.29, 1.82) is 0 Å². The van der Waals surface area contributed by atoms with Crippen LogP contribution in [-0.4, -0.2) is 56.7 Å². The maximum Gasteiger partial charge on any atom is 0.289 e. The number of nitrogens with one attached hydrogen (secondary N) is 1. The molecule has 154 valence electrons. The van der Waals surface area contributed by atoms with E-state index in [0.717, 1.165) is 10.4 Å². The number of carbonyl (C=O) groups is 1. The molecule has 5 rings (SSSR count). The molecule has 0 bridgehead atoms. The van der Waals surface area contributed by atoms with Crippen LogP contribution in [0.4, 0.5) is 4.39 Å². The smallest absolute Gasteiger partial charge is 0.289 e. The Bertz CT molecular complexity index is 1160. The van der Waals surface area contributed by atoms with E-state index in [2.05, 4.69) is 10.1 Å². The van der Waals surface area contributed by atoms with Crippen molar-refractivity contribution >= 4 is 22.2 Å². The Morgan fingerprint density at radius 1 is 1.23 bits per heavy atom. The Kier molecular flexibility index (Phi) is 4.72. The third-order valence-corrected chi connectivity index (χ3v) is 6.54. The van der Waals surface area contributed by atoms with Crippen LogP contribution >= 0.6 is 11.3 Å². The first-order valence-electron chi connectivity index (χ1n) is 9.56. The molecular formula is C20H19FN5O3S+. The van der Waals surface area contributed by atoms with Gasteiger partial charge in [-0.1, -0.05) is 11.3 Å². The van der Waals surface area contributed by atoms with E-state index in [1.807, 2.05) is 0 Å². The summed E-state index contributed by atoms with van der Waals surface area (Å²) in [5.41, 5.74) is 0.886. The van der Waals surface area contributed by atoms with Crippen LogP contribution in [0.3, 0.4) is 0 Å². The number of furan rings is 1. The molecule has 0 aliphatic carbocycles. The summed E-state index contributed by atoms with van der Waals surface area (Å²) in [6.07, 6.45) is 2.89. The molecule has 0 spiro atoms. The zero-order valence-corrected chi connectivity index (χ0v) is 16.7. The number of quaternary nitrogens is 1. The van der Waals surface area contributed by atoms with Gasteiger partial charge < -0.3 is 19.3 Å². The highest BCUT2D eigenvalue weighted by atomic mass is 32.1. The van der Waals surface area contributed by atoms with Crippen molar-refractivity contribution in [3.05, 3.63) is 71.0 Å². The fourth-order valence-electron chi connectivity index (χ4n) is 3.95. The Morgan fingerprint density at radius 2 is 2.00 bits per heavy atom. The lowest BCUT2D eigenvalue weighted by molar-refractivity contribution is -0.929.